The van der Waals surface area contributed by atoms with Crippen LogP contribution in [0.25, 0.3) is 0 Å². The van der Waals surface area contributed by atoms with Gasteiger partial charge in [-0.05, 0) is 40.0 Å². The van der Waals surface area contributed by atoms with Crippen LogP contribution in [0.3, 0.4) is 0 Å². The van der Waals surface area contributed by atoms with Crippen molar-refractivity contribution in [3.63, 3.8) is 0 Å². The molecule has 21 heavy (non-hydrogen) atoms. The third kappa shape index (κ3) is 5.24. The maximum Gasteiger partial charge on any atom is 0.328 e. The summed E-state index contributed by atoms with van der Waals surface area (Å²) >= 11 is 0. The van der Waals surface area contributed by atoms with Gasteiger partial charge in [-0.15, -0.1) is 0 Å². The summed E-state index contributed by atoms with van der Waals surface area (Å²) in [5.74, 6) is -1.38. The molecule has 0 aromatic heterocycles. The van der Waals surface area contributed by atoms with Crippen molar-refractivity contribution >= 4 is 18.0 Å². The van der Waals surface area contributed by atoms with Crippen LogP contribution in [0, 0.1) is 0 Å². The predicted molar refractivity (Wildman–Crippen MR) is 75.8 cm³/mol. The molecule has 0 aromatic rings. The molecule has 1 saturated heterocycles. The number of ether oxygens (including phenoxy) is 1. The van der Waals surface area contributed by atoms with E-state index in [-0.39, 0.29) is 13.0 Å². The Labute approximate surface area is 124 Å². The largest absolute Gasteiger partial charge is 0.481 e. The summed E-state index contributed by atoms with van der Waals surface area (Å²) in [7, 11) is 0. The lowest BCUT2D eigenvalue weighted by molar-refractivity contribution is -0.149. The number of rotatable bonds is 5. The van der Waals surface area contributed by atoms with Crippen molar-refractivity contribution in [3.05, 3.63) is 0 Å². The topological polar surface area (TPSA) is 95.9 Å². The molecule has 1 rings (SSSR count). The lowest BCUT2D eigenvalue weighted by Crippen LogP contribution is -2.57. The quantitative estimate of drug-likeness (QED) is 0.747. The van der Waals surface area contributed by atoms with E-state index in [1.807, 2.05) is 0 Å². The summed E-state index contributed by atoms with van der Waals surface area (Å²) in [6.45, 7) is 5.75. The molecule has 1 fully saturated rings. The first-order valence-electron chi connectivity index (χ1n) is 7.24. The Balaban J connectivity index is 2.73. The number of carboxylic acid groups (broad SMARTS) is 1. The monoisotopic (exact) mass is 300 g/mol. The van der Waals surface area contributed by atoms with Gasteiger partial charge in [-0.2, -0.15) is 0 Å². The molecule has 7 nitrogen and oxygen atoms in total. The van der Waals surface area contributed by atoms with Gasteiger partial charge in [0.2, 0.25) is 0 Å². The fraction of sp³-hybridized carbons (Fsp3) is 0.786. The van der Waals surface area contributed by atoms with E-state index in [1.54, 1.807) is 20.8 Å². The van der Waals surface area contributed by atoms with Crippen LogP contribution in [-0.2, 0) is 14.3 Å². The fourth-order valence-electron chi connectivity index (χ4n) is 2.44. The molecule has 7 heteroatoms. The van der Waals surface area contributed by atoms with E-state index in [2.05, 4.69) is 5.32 Å². The third-order valence-electron chi connectivity index (χ3n) is 3.36. The first kappa shape index (κ1) is 17.3. The Bertz CT molecular complexity index is 408. The van der Waals surface area contributed by atoms with Gasteiger partial charge in [-0.1, -0.05) is 0 Å². The minimum Gasteiger partial charge on any atom is -0.481 e. The van der Waals surface area contributed by atoms with Crippen LogP contribution < -0.4 is 5.32 Å². The minimum atomic E-state index is -0.985. The summed E-state index contributed by atoms with van der Waals surface area (Å²) in [5, 5.41) is 11.5. The number of aliphatic carboxylic acids is 1. The second-order valence-electron chi connectivity index (χ2n) is 5.84. The smallest absolute Gasteiger partial charge is 0.328 e. The van der Waals surface area contributed by atoms with Gasteiger partial charge in [0.15, 0.2) is 0 Å². The zero-order chi connectivity index (χ0) is 16.0. The van der Waals surface area contributed by atoms with Crippen molar-refractivity contribution in [1.82, 2.24) is 10.2 Å². The first-order valence-corrected chi connectivity index (χ1v) is 7.24. The SMILES string of the molecule is CCOC(=O)C1CCCCN1C(=O)NC(C)(C)CC(=O)O. The number of carbonyl (C=O) groups excluding carboxylic acids is 2. The van der Waals surface area contributed by atoms with E-state index in [1.165, 1.54) is 4.90 Å². The van der Waals surface area contributed by atoms with Crippen LogP contribution in [0.1, 0.15) is 46.5 Å². The minimum absolute atomic E-state index is 0.184. The molecule has 2 amide bonds. The van der Waals surface area contributed by atoms with Crippen LogP contribution in [-0.4, -0.2) is 52.7 Å². The number of hydrogen-bond acceptors (Lipinski definition) is 4. The highest BCUT2D eigenvalue weighted by Gasteiger charge is 2.35. The van der Waals surface area contributed by atoms with Gasteiger partial charge in [0.1, 0.15) is 6.04 Å². The molecule has 1 atom stereocenters. The number of amides is 2. The lowest BCUT2D eigenvalue weighted by atomic mass is 10.00. The molecular weight excluding hydrogens is 276 g/mol. The molecule has 0 aromatic carbocycles. The molecule has 2 N–H and O–H groups in total. The van der Waals surface area contributed by atoms with Gasteiger partial charge in [0.05, 0.1) is 13.0 Å². The first-order chi connectivity index (χ1) is 9.76. The molecule has 1 aliphatic rings. The van der Waals surface area contributed by atoms with Crippen LogP contribution in [0.15, 0.2) is 0 Å². The third-order valence-corrected chi connectivity index (χ3v) is 3.36. The van der Waals surface area contributed by atoms with E-state index in [0.717, 1.165) is 12.8 Å². The van der Waals surface area contributed by atoms with Gasteiger partial charge in [0.25, 0.3) is 0 Å². The summed E-state index contributed by atoms with van der Waals surface area (Å²) in [4.78, 5) is 36.5. The van der Waals surface area contributed by atoms with Gasteiger partial charge < -0.3 is 20.1 Å². The van der Waals surface area contributed by atoms with E-state index in [9.17, 15) is 14.4 Å². The Kier molecular flexibility index (Phi) is 5.99. The number of nitrogens with zero attached hydrogens (tertiary/aromatic N) is 1. The van der Waals surface area contributed by atoms with Gasteiger partial charge in [0, 0.05) is 12.1 Å². The number of hydrogen-bond donors (Lipinski definition) is 2. The highest BCUT2D eigenvalue weighted by Crippen LogP contribution is 2.19. The number of esters is 1. The average Bonchev–Trinajstić information content (AvgIpc) is 2.36. The van der Waals surface area contributed by atoms with Crippen LogP contribution in [0.5, 0.6) is 0 Å². The zero-order valence-electron chi connectivity index (χ0n) is 12.8. The van der Waals surface area contributed by atoms with Gasteiger partial charge >= 0.3 is 18.0 Å². The fourth-order valence-corrected chi connectivity index (χ4v) is 2.44. The highest BCUT2D eigenvalue weighted by atomic mass is 16.5. The molecule has 1 unspecified atom stereocenters. The number of likely N-dealkylation sites (tertiary alicyclic amines) is 1. The number of urea groups is 1. The predicted octanol–water partition coefficient (Wildman–Crippen LogP) is 1.37. The second-order valence-corrected chi connectivity index (χ2v) is 5.84. The van der Waals surface area contributed by atoms with Crippen LogP contribution in [0.2, 0.25) is 0 Å². The summed E-state index contributed by atoms with van der Waals surface area (Å²) in [6, 6.07) is -1.00. The summed E-state index contributed by atoms with van der Waals surface area (Å²) < 4.78 is 5.00. The molecule has 0 bridgehead atoms. The molecule has 120 valence electrons. The van der Waals surface area contributed by atoms with Crippen LogP contribution >= 0.6 is 0 Å². The second kappa shape index (κ2) is 7.28. The van der Waals surface area contributed by atoms with Gasteiger partial charge in [-0.25, -0.2) is 9.59 Å². The molecular formula is C14H24N2O5. The number of carboxylic acids is 1. The van der Waals surface area contributed by atoms with Crippen molar-refractivity contribution in [2.75, 3.05) is 13.2 Å². The average molecular weight is 300 g/mol. The van der Waals surface area contributed by atoms with Crippen molar-refractivity contribution in [1.29, 1.82) is 0 Å². The van der Waals surface area contributed by atoms with Crippen molar-refractivity contribution in [2.45, 2.75) is 58.0 Å². The zero-order valence-corrected chi connectivity index (χ0v) is 12.8. The van der Waals surface area contributed by atoms with Gasteiger partial charge in [-0.3, -0.25) is 4.79 Å². The Morgan fingerprint density at radius 1 is 1.33 bits per heavy atom. The highest BCUT2D eigenvalue weighted by molar-refractivity contribution is 5.84. The molecule has 1 heterocycles. The van der Waals surface area contributed by atoms with E-state index in [0.29, 0.717) is 13.0 Å². The molecule has 0 aliphatic carbocycles. The van der Waals surface area contributed by atoms with Crippen molar-refractivity contribution < 1.29 is 24.2 Å². The maximum atomic E-state index is 12.3. The number of nitrogens with one attached hydrogen (secondary N) is 1. The van der Waals surface area contributed by atoms with E-state index in [4.69, 9.17) is 9.84 Å². The number of piperidine rings is 1. The van der Waals surface area contributed by atoms with Crippen LogP contribution in [0.4, 0.5) is 4.79 Å². The normalized spacial score (nSPS) is 19.0. The summed E-state index contributed by atoms with van der Waals surface area (Å²) in [6.07, 6.45) is 2.08. The number of carbonyl (C=O) groups is 3. The lowest BCUT2D eigenvalue weighted by Gasteiger charge is -2.36. The Morgan fingerprint density at radius 2 is 2.00 bits per heavy atom. The molecule has 0 saturated carbocycles. The van der Waals surface area contributed by atoms with E-state index < -0.39 is 29.6 Å². The maximum absolute atomic E-state index is 12.3. The summed E-state index contributed by atoms with van der Waals surface area (Å²) in [5.41, 5.74) is -0.875. The van der Waals surface area contributed by atoms with E-state index >= 15 is 0 Å². The molecule has 1 aliphatic heterocycles. The Hall–Kier alpha value is -1.79. The molecule has 0 radical (unpaired) electrons. The Morgan fingerprint density at radius 3 is 2.57 bits per heavy atom. The molecule has 0 spiro atoms. The standard InChI is InChI=1S/C14H24N2O5/c1-4-21-12(19)10-7-5-6-8-16(10)13(20)15-14(2,3)9-11(17)18/h10H,4-9H2,1-3H3,(H,15,20)(H,17,18). The van der Waals surface area contributed by atoms with Crippen molar-refractivity contribution in [3.8, 4) is 0 Å². The van der Waals surface area contributed by atoms with Crippen molar-refractivity contribution in [2.24, 2.45) is 0 Å².